The second kappa shape index (κ2) is 3.72. The third-order valence-corrected chi connectivity index (χ3v) is 2.53. The van der Waals surface area contributed by atoms with Gasteiger partial charge in [0.05, 0.1) is 5.69 Å². The van der Waals surface area contributed by atoms with Crippen LogP contribution >= 0.6 is 0 Å². The number of benzene rings is 1. The SMILES string of the molecule is Fc1cc(N2CCCC2)c(F)c(F)c1F. The molecule has 1 saturated heterocycles. The summed E-state index contributed by atoms with van der Waals surface area (Å²) in [5.74, 6) is -6.15. The fourth-order valence-electron chi connectivity index (χ4n) is 1.75. The summed E-state index contributed by atoms with van der Waals surface area (Å²) < 4.78 is 51.7. The molecule has 0 N–H and O–H groups in total. The van der Waals surface area contributed by atoms with Crippen LogP contribution in [0.2, 0.25) is 0 Å². The second-order valence-electron chi connectivity index (χ2n) is 3.51. The average Bonchev–Trinajstić information content (AvgIpc) is 2.73. The van der Waals surface area contributed by atoms with E-state index in [0.717, 1.165) is 12.8 Å². The van der Waals surface area contributed by atoms with Crippen molar-refractivity contribution in [1.29, 1.82) is 0 Å². The number of hydrogen-bond acceptors (Lipinski definition) is 1. The fourth-order valence-corrected chi connectivity index (χ4v) is 1.75. The highest BCUT2D eigenvalue weighted by atomic mass is 19.2. The van der Waals surface area contributed by atoms with Crippen LogP contribution < -0.4 is 4.90 Å². The summed E-state index contributed by atoms with van der Waals surface area (Å²) in [4.78, 5) is 1.51. The molecule has 0 bridgehead atoms. The van der Waals surface area contributed by atoms with Crippen LogP contribution in [0, 0.1) is 23.3 Å². The van der Waals surface area contributed by atoms with Gasteiger partial charge in [0, 0.05) is 19.2 Å². The Bertz CT molecular complexity index is 385. The van der Waals surface area contributed by atoms with Gasteiger partial charge < -0.3 is 4.90 Å². The normalized spacial score (nSPS) is 16.1. The van der Waals surface area contributed by atoms with Gasteiger partial charge in [-0.05, 0) is 12.8 Å². The van der Waals surface area contributed by atoms with Crippen molar-refractivity contribution < 1.29 is 17.6 Å². The number of halogens is 4. The maximum Gasteiger partial charge on any atom is 0.199 e. The van der Waals surface area contributed by atoms with E-state index in [4.69, 9.17) is 0 Å². The molecular formula is C10H9F4N. The summed E-state index contributed by atoms with van der Waals surface area (Å²) in [6.45, 7) is 1.09. The minimum atomic E-state index is -1.75. The largest absolute Gasteiger partial charge is 0.369 e. The van der Waals surface area contributed by atoms with Gasteiger partial charge in [-0.15, -0.1) is 0 Å². The summed E-state index contributed by atoms with van der Waals surface area (Å²) in [7, 11) is 0. The molecule has 1 aromatic rings. The quantitative estimate of drug-likeness (QED) is 0.399. The van der Waals surface area contributed by atoms with E-state index in [-0.39, 0.29) is 5.69 Å². The number of anilines is 1. The lowest BCUT2D eigenvalue weighted by Gasteiger charge is -2.18. The molecular weight excluding hydrogens is 210 g/mol. The molecule has 0 saturated carbocycles. The van der Waals surface area contributed by atoms with Gasteiger partial charge in [0.2, 0.25) is 0 Å². The molecule has 2 rings (SSSR count). The van der Waals surface area contributed by atoms with Crippen LogP contribution in [0.3, 0.4) is 0 Å². The second-order valence-corrected chi connectivity index (χ2v) is 3.51. The van der Waals surface area contributed by atoms with Crippen molar-refractivity contribution in [2.24, 2.45) is 0 Å². The van der Waals surface area contributed by atoms with Gasteiger partial charge in [-0.2, -0.15) is 0 Å². The van der Waals surface area contributed by atoms with Gasteiger partial charge in [0.25, 0.3) is 0 Å². The molecule has 0 atom stereocenters. The van der Waals surface area contributed by atoms with Crippen LogP contribution in [-0.4, -0.2) is 13.1 Å². The first-order valence-electron chi connectivity index (χ1n) is 4.69. The lowest BCUT2D eigenvalue weighted by atomic mass is 10.2. The van der Waals surface area contributed by atoms with Crippen LogP contribution in [-0.2, 0) is 0 Å². The van der Waals surface area contributed by atoms with E-state index >= 15 is 0 Å². The maximum absolute atomic E-state index is 13.3. The monoisotopic (exact) mass is 219 g/mol. The highest BCUT2D eigenvalue weighted by Crippen LogP contribution is 2.28. The van der Waals surface area contributed by atoms with Crippen molar-refractivity contribution in [3.8, 4) is 0 Å². The molecule has 0 unspecified atom stereocenters. The zero-order valence-corrected chi connectivity index (χ0v) is 7.86. The summed E-state index contributed by atoms with van der Waals surface area (Å²) in [5, 5.41) is 0. The van der Waals surface area contributed by atoms with E-state index in [1.807, 2.05) is 0 Å². The molecule has 0 amide bonds. The zero-order chi connectivity index (χ0) is 11.0. The minimum Gasteiger partial charge on any atom is -0.369 e. The van der Waals surface area contributed by atoms with Crippen molar-refractivity contribution in [1.82, 2.24) is 0 Å². The van der Waals surface area contributed by atoms with Crippen LogP contribution in [0.25, 0.3) is 0 Å². The maximum atomic E-state index is 13.3. The molecule has 1 aliphatic rings. The molecule has 1 aromatic carbocycles. The third-order valence-electron chi connectivity index (χ3n) is 2.53. The topological polar surface area (TPSA) is 3.24 Å². The lowest BCUT2D eigenvalue weighted by Crippen LogP contribution is -2.20. The molecule has 1 fully saturated rings. The summed E-state index contributed by atoms with van der Waals surface area (Å²) in [5.41, 5.74) is -0.191. The zero-order valence-electron chi connectivity index (χ0n) is 7.86. The van der Waals surface area contributed by atoms with Gasteiger partial charge in [-0.25, -0.2) is 17.6 Å². The molecule has 0 spiro atoms. The first kappa shape index (κ1) is 10.3. The predicted molar refractivity (Wildman–Crippen MR) is 47.7 cm³/mol. The van der Waals surface area contributed by atoms with Gasteiger partial charge in [0.1, 0.15) is 0 Å². The molecule has 1 nitrogen and oxygen atoms in total. The molecule has 1 aliphatic heterocycles. The predicted octanol–water partition coefficient (Wildman–Crippen LogP) is 2.84. The van der Waals surface area contributed by atoms with Gasteiger partial charge >= 0.3 is 0 Å². The van der Waals surface area contributed by atoms with Gasteiger partial charge in [-0.1, -0.05) is 0 Å². The Kier molecular flexibility index (Phi) is 2.54. The third kappa shape index (κ3) is 1.66. The van der Waals surface area contributed by atoms with Gasteiger partial charge in [0.15, 0.2) is 23.3 Å². The van der Waals surface area contributed by atoms with Crippen LogP contribution in [0.4, 0.5) is 23.2 Å². The van der Waals surface area contributed by atoms with E-state index in [1.54, 1.807) is 0 Å². The standard InChI is InChI=1S/C10H9F4N/c11-6-5-7(15-3-1-2-4-15)9(13)10(14)8(6)12/h5H,1-4H2. The first-order chi connectivity index (χ1) is 7.11. The Morgan fingerprint density at radius 3 is 2.07 bits per heavy atom. The van der Waals surface area contributed by atoms with Crippen molar-refractivity contribution in [2.45, 2.75) is 12.8 Å². The first-order valence-corrected chi connectivity index (χ1v) is 4.69. The van der Waals surface area contributed by atoms with E-state index in [1.165, 1.54) is 4.90 Å². The van der Waals surface area contributed by atoms with Crippen molar-refractivity contribution >= 4 is 5.69 Å². The Morgan fingerprint density at radius 2 is 1.47 bits per heavy atom. The van der Waals surface area contributed by atoms with E-state index in [0.29, 0.717) is 19.2 Å². The van der Waals surface area contributed by atoms with Crippen LogP contribution in [0.1, 0.15) is 12.8 Å². The molecule has 5 heteroatoms. The Hall–Kier alpha value is -1.26. The van der Waals surface area contributed by atoms with Crippen molar-refractivity contribution in [2.75, 3.05) is 18.0 Å². The Labute approximate surface area is 84.3 Å². The van der Waals surface area contributed by atoms with E-state index in [2.05, 4.69) is 0 Å². The molecule has 0 aromatic heterocycles. The number of rotatable bonds is 1. The molecule has 0 radical (unpaired) electrons. The number of hydrogen-bond donors (Lipinski definition) is 0. The van der Waals surface area contributed by atoms with Gasteiger partial charge in [-0.3, -0.25) is 0 Å². The highest BCUT2D eigenvalue weighted by molar-refractivity contribution is 5.49. The number of nitrogens with zero attached hydrogens (tertiary/aromatic N) is 1. The fraction of sp³-hybridized carbons (Fsp3) is 0.400. The molecule has 15 heavy (non-hydrogen) atoms. The molecule has 0 aliphatic carbocycles. The molecule has 1 heterocycles. The van der Waals surface area contributed by atoms with E-state index < -0.39 is 23.3 Å². The summed E-state index contributed by atoms with van der Waals surface area (Å²) in [6, 6.07) is 0.707. The highest BCUT2D eigenvalue weighted by Gasteiger charge is 2.23. The molecule has 82 valence electrons. The van der Waals surface area contributed by atoms with Crippen molar-refractivity contribution in [3.05, 3.63) is 29.3 Å². The van der Waals surface area contributed by atoms with Crippen LogP contribution in [0.15, 0.2) is 6.07 Å². The summed E-state index contributed by atoms with van der Waals surface area (Å²) >= 11 is 0. The lowest BCUT2D eigenvalue weighted by molar-refractivity contribution is 0.409. The summed E-state index contributed by atoms with van der Waals surface area (Å²) in [6.07, 6.45) is 1.69. The smallest absolute Gasteiger partial charge is 0.199 e. The average molecular weight is 219 g/mol. The van der Waals surface area contributed by atoms with E-state index in [9.17, 15) is 17.6 Å². The van der Waals surface area contributed by atoms with Crippen LogP contribution in [0.5, 0.6) is 0 Å². The Balaban J connectivity index is 2.47. The van der Waals surface area contributed by atoms with Crippen molar-refractivity contribution in [3.63, 3.8) is 0 Å². The minimum absolute atomic E-state index is 0.191. The Morgan fingerprint density at radius 1 is 0.867 bits per heavy atom.